The van der Waals surface area contributed by atoms with Crippen molar-refractivity contribution in [2.75, 3.05) is 0 Å². The van der Waals surface area contributed by atoms with E-state index in [1.54, 1.807) is 26.8 Å². The van der Waals surface area contributed by atoms with Gasteiger partial charge in [-0.3, -0.25) is 4.79 Å². The third-order valence-corrected chi connectivity index (χ3v) is 1.56. The lowest BCUT2D eigenvalue weighted by molar-refractivity contribution is -0.155. The topological polar surface area (TPSA) is 63.6 Å². The highest BCUT2D eigenvalue weighted by atomic mass is 16.6. The number of aliphatic carboxylic acids is 1. The summed E-state index contributed by atoms with van der Waals surface area (Å²) < 4.78 is 5.06. The molecule has 0 aliphatic heterocycles. The molecule has 4 heteroatoms. The molecule has 0 radical (unpaired) electrons. The number of hydrogen-bond donors (Lipinski definition) is 1. The van der Waals surface area contributed by atoms with Crippen LogP contribution in [0.15, 0.2) is 11.6 Å². The second-order valence-electron chi connectivity index (χ2n) is 5.00. The van der Waals surface area contributed by atoms with Crippen molar-refractivity contribution in [3.05, 3.63) is 11.6 Å². The zero-order valence-electron chi connectivity index (χ0n) is 10.5. The lowest BCUT2D eigenvalue weighted by Gasteiger charge is -2.19. The highest BCUT2D eigenvalue weighted by molar-refractivity contribution is 5.92. The molecule has 16 heavy (non-hydrogen) atoms. The first-order valence-electron chi connectivity index (χ1n) is 5.27. The van der Waals surface area contributed by atoms with E-state index in [-0.39, 0.29) is 17.9 Å². The largest absolute Gasteiger partial charge is 0.478 e. The molecule has 0 spiro atoms. The average Bonchev–Trinajstić information content (AvgIpc) is 1.97. The van der Waals surface area contributed by atoms with Crippen molar-refractivity contribution in [2.45, 2.75) is 46.6 Å². The Morgan fingerprint density at radius 1 is 1.31 bits per heavy atom. The van der Waals surface area contributed by atoms with Crippen LogP contribution in [0.2, 0.25) is 0 Å². The van der Waals surface area contributed by atoms with Crippen molar-refractivity contribution in [1.29, 1.82) is 0 Å². The van der Waals surface area contributed by atoms with Gasteiger partial charge in [-0.15, -0.1) is 0 Å². The van der Waals surface area contributed by atoms with Crippen molar-refractivity contribution < 1.29 is 19.4 Å². The molecule has 4 nitrogen and oxygen atoms in total. The zero-order chi connectivity index (χ0) is 12.9. The highest BCUT2D eigenvalue weighted by Gasteiger charge is 2.20. The van der Waals surface area contributed by atoms with Crippen molar-refractivity contribution in [3.63, 3.8) is 0 Å². The molecule has 0 aliphatic carbocycles. The van der Waals surface area contributed by atoms with Crippen LogP contribution in [0.1, 0.15) is 41.0 Å². The summed E-state index contributed by atoms with van der Waals surface area (Å²) in [5, 5.41) is 8.89. The summed E-state index contributed by atoms with van der Waals surface area (Å²) in [4.78, 5) is 22.3. The van der Waals surface area contributed by atoms with E-state index in [9.17, 15) is 9.59 Å². The Balaban J connectivity index is 4.55. The van der Waals surface area contributed by atoms with Crippen molar-refractivity contribution in [2.24, 2.45) is 5.92 Å². The van der Waals surface area contributed by atoms with E-state index in [2.05, 4.69) is 0 Å². The molecule has 0 bridgehead atoms. The smallest absolute Gasteiger partial charge is 0.331 e. The van der Waals surface area contributed by atoms with E-state index < -0.39 is 17.5 Å². The number of allylic oxidation sites excluding steroid dienone is 1. The van der Waals surface area contributed by atoms with Gasteiger partial charge in [0.2, 0.25) is 0 Å². The molecule has 0 amide bonds. The molecule has 0 heterocycles. The normalized spacial score (nSPS) is 12.8. The molecular formula is C12H20O4. The summed E-state index contributed by atoms with van der Waals surface area (Å²) in [7, 11) is 0. The average molecular weight is 228 g/mol. The summed E-state index contributed by atoms with van der Waals surface area (Å²) in [6, 6.07) is 0. The van der Waals surface area contributed by atoms with Gasteiger partial charge in [0.15, 0.2) is 0 Å². The van der Waals surface area contributed by atoms with Crippen LogP contribution < -0.4 is 0 Å². The molecule has 92 valence electrons. The monoisotopic (exact) mass is 228 g/mol. The van der Waals surface area contributed by atoms with Gasteiger partial charge >= 0.3 is 11.9 Å². The van der Waals surface area contributed by atoms with Gasteiger partial charge in [0.05, 0.1) is 6.42 Å². The van der Waals surface area contributed by atoms with Crippen molar-refractivity contribution in [1.82, 2.24) is 0 Å². The Kier molecular flexibility index (Phi) is 5.21. The van der Waals surface area contributed by atoms with E-state index in [1.165, 1.54) is 0 Å². The molecule has 0 aliphatic rings. The first kappa shape index (κ1) is 14.7. The van der Waals surface area contributed by atoms with Crippen LogP contribution in [0.3, 0.4) is 0 Å². The Bertz CT molecular complexity index is 295. The molecule has 0 saturated carbocycles. The Labute approximate surface area is 96.3 Å². The predicted octanol–water partition coefficient (Wildman–Crippen LogP) is 2.39. The minimum atomic E-state index is -1.07. The van der Waals surface area contributed by atoms with E-state index in [0.29, 0.717) is 0 Å². The third kappa shape index (κ3) is 7.04. The molecule has 0 aromatic rings. The van der Waals surface area contributed by atoms with E-state index in [4.69, 9.17) is 9.84 Å². The fraction of sp³-hybridized carbons (Fsp3) is 0.667. The van der Waals surface area contributed by atoms with Crippen LogP contribution in [0, 0.1) is 5.92 Å². The quantitative estimate of drug-likeness (QED) is 0.592. The molecule has 0 saturated heterocycles. The second kappa shape index (κ2) is 5.68. The maximum absolute atomic E-state index is 11.4. The summed E-state index contributed by atoms with van der Waals surface area (Å²) in [6.07, 6.45) is 1.37. The molecule has 0 fully saturated rings. The Morgan fingerprint density at radius 2 is 1.81 bits per heavy atom. The summed E-state index contributed by atoms with van der Waals surface area (Å²) in [5.74, 6) is -1.49. The fourth-order valence-electron chi connectivity index (χ4n) is 1.14. The van der Waals surface area contributed by atoms with Gasteiger partial charge in [0.25, 0.3) is 0 Å². The summed E-state index contributed by atoms with van der Waals surface area (Å²) >= 11 is 0. The highest BCUT2D eigenvalue weighted by Crippen LogP contribution is 2.13. The number of rotatable bonds is 4. The molecular weight excluding hydrogens is 208 g/mol. The molecule has 0 atom stereocenters. The summed E-state index contributed by atoms with van der Waals surface area (Å²) in [6.45, 7) is 8.96. The van der Waals surface area contributed by atoms with Gasteiger partial charge in [-0.25, -0.2) is 4.79 Å². The molecule has 0 rings (SSSR count). The molecule has 0 aromatic heterocycles. The van der Waals surface area contributed by atoms with Crippen LogP contribution in [-0.4, -0.2) is 22.6 Å². The first-order chi connectivity index (χ1) is 7.11. The van der Waals surface area contributed by atoms with Crippen LogP contribution in [0.5, 0.6) is 0 Å². The predicted molar refractivity (Wildman–Crippen MR) is 61.0 cm³/mol. The zero-order valence-corrected chi connectivity index (χ0v) is 10.5. The van der Waals surface area contributed by atoms with Gasteiger partial charge in [-0.05, 0) is 26.7 Å². The summed E-state index contributed by atoms with van der Waals surface area (Å²) in [5.41, 5.74) is -0.498. The Hall–Kier alpha value is -1.32. The lowest BCUT2D eigenvalue weighted by Crippen LogP contribution is -2.24. The number of hydrogen-bond acceptors (Lipinski definition) is 3. The number of carboxylic acids is 1. The van der Waals surface area contributed by atoms with E-state index >= 15 is 0 Å². The van der Waals surface area contributed by atoms with Gasteiger partial charge in [-0.1, -0.05) is 19.9 Å². The van der Waals surface area contributed by atoms with Crippen LogP contribution in [0.4, 0.5) is 0 Å². The SMILES string of the molecule is CC(C)C=C(CC(=O)OC(C)(C)C)C(=O)O. The maximum Gasteiger partial charge on any atom is 0.331 e. The second-order valence-corrected chi connectivity index (χ2v) is 5.00. The molecule has 0 aromatic carbocycles. The minimum Gasteiger partial charge on any atom is -0.478 e. The lowest BCUT2D eigenvalue weighted by atomic mass is 10.1. The van der Waals surface area contributed by atoms with Crippen LogP contribution >= 0.6 is 0 Å². The molecule has 1 N–H and O–H groups in total. The fourth-order valence-corrected chi connectivity index (χ4v) is 1.14. The third-order valence-electron chi connectivity index (χ3n) is 1.56. The van der Waals surface area contributed by atoms with Gasteiger partial charge in [-0.2, -0.15) is 0 Å². The number of carbonyl (C=O) groups excluding carboxylic acids is 1. The van der Waals surface area contributed by atoms with Crippen molar-refractivity contribution >= 4 is 11.9 Å². The van der Waals surface area contributed by atoms with Crippen molar-refractivity contribution in [3.8, 4) is 0 Å². The maximum atomic E-state index is 11.4. The number of carboxylic acid groups (broad SMARTS) is 1. The van der Waals surface area contributed by atoms with E-state index in [0.717, 1.165) is 0 Å². The Morgan fingerprint density at radius 3 is 2.12 bits per heavy atom. The van der Waals surface area contributed by atoms with E-state index in [1.807, 2.05) is 13.8 Å². The number of ether oxygens (including phenoxy) is 1. The first-order valence-corrected chi connectivity index (χ1v) is 5.27. The number of esters is 1. The minimum absolute atomic E-state index is 0.0873. The molecule has 0 unspecified atom stereocenters. The van der Waals surface area contributed by atoms with Gasteiger partial charge < -0.3 is 9.84 Å². The standard InChI is InChI=1S/C12H20O4/c1-8(2)6-9(11(14)15)7-10(13)16-12(3,4)5/h6,8H,7H2,1-5H3,(H,14,15). The van der Waals surface area contributed by atoms with Gasteiger partial charge in [0, 0.05) is 5.57 Å². The van der Waals surface area contributed by atoms with Crippen LogP contribution in [-0.2, 0) is 14.3 Å². The number of carbonyl (C=O) groups is 2. The van der Waals surface area contributed by atoms with Crippen LogP contribution in [0.25, 0.3) is 0 Å². The van der Waals surface area contributed by atoms with Gasteiger partial charge in [0.1, 0.15) is 5.60 Å².